The number of fused-ring (bicyclic) bond motifs is 1. The number of nitrogens with one attached hydrogen (secondary N) is 1. The number of hydrogen-bond acceptors (Lipinski definition) is 5. The van der Waals surface area contributed by atoms with Gasteiger partial charge in [-0.1, -0.05) is 0 Å². The Bertz CT molecular complexity index is 1030. The topological polar surface area (TPSA) is 73.2 Å². The highest BCUT2D eigenvalue weighted by Crippen LogP contribution is 2.42. The van der Waals surface area contributed by atoms with Crippen LogP contribution in [0.5, 0.6) is 0 Å². The molecule has 0 radical (unpaired) electrons. The van der Waals surface area contributed by atoms with Gasteiger partial charge in [0.05, 0.1) is 17.4 Å². The molecule has 2 aromatic rings. The van der Waals surface area contributed by atoms with E-state index in [0.29, 0.717) is 18.3 Å². The van der Waals surface area contributed by atoms with E-state index in [1.54, 1.807) is 15.6 Å². The first-order valence-electron chi connectivity index (χ1n) is 11.2. The van der Waals surface area contributed by atoms with E-state index in [4.69, 9.17) is 0 Å². The molecule has 2 aliphatic heterocycles. The van der Waals surface area contributed by atoms with Crippen molar-refractivity contribution in [2.75, 3.05) is 37.6 Å². The second kappa shape index (κ2) is 8.08. The van der Waals surface area contributed by atoms with E-state index in [-0.39, 0.29) is 31.1 Å². The van der Waals surface area contributed by atoms with Gasteiger partial charge in [-0.2, -0.15) is 5.10 Å². The molecule has 2 saturated heterocycles. The predicted octanol–water partition coefficient (Wildman–Crippen LogP) is 2.33. The number of piperazine rings is 1. The van der Waals surface area contributed by atoms with Crippen molar-refractivity contribution >= 4 is 23.1 Å². The summed E-state index contributed by atoms with van der Waals surface area (Å²) in [5, 5.41) is 6.70. The number of halogens is 2. The smallest absolute Gasteiger partial charge is 0.300 e. The summed E-state index contributed by atoms with van der Waals surface area (Å²) >= 11 is 0. The first-order chi connectivity index (χ1) is 15.3. The molecule has 0 aromatic carbocycles. The summed E-state index contributed by atoms with van der Waals surface area (Å²) in [6.45, 7) is 6.69. The zero-order valence-corrected chi connectivity index (χ0v) is 18.1. The molecule has 1 atom stereocenters. The first-order valence-corrected chi connectivity index (χ1v) is 11.2. The number of hydrogen-bond donors (Lipinski definition) is 1. The Labute approximate surface area is 185 Å². The van der Waals surface area contributed by atoms with Crippen molar-refractivity contribution in [1.29, 1.82) is 0 Å². The fraction of sp³-hybridized carbons (Fsp3) is 0.591. The van der Waals surface area contributed by atoms with Crippen LogP contribution < -0.4 is 10.2 Å². The van der Waals surface area contributed by atoms with Gasteiger partial charge in [0.25, 0.3) is 0 Å². The van der Waals surface area contributed by atoms with Crippen LogP contribution in [-0.4, -0.2) is 76.0 Å². The highest BCUT2D eigenvalue weighted by Gasteiger charge is 2.45. The van der Waals surface area contributed by atoms with E-state index in [1.165, 1.54) is 0 Å². The van der Waals surface area contributed by atoms with E-state index in [2.05, 4.69) is 27.1 Å². The monoisotopic (exact) mass is 446 g/mol. The standard InChI is InChI=1S/C22H28F2N6O2/c1-15-12-27(13-17-9-22(23,24)10-17)6-7-28(15)14-16-2-5-30-18(8-16)19(11-25-30)29-4-3-20(31)26-21(29)32/h2,5,8,11,15,17H,3-4,6-7,9-10,12-14H2,1H3,(H,26,31,32)/t15-/m0/s1. The fourth-order valence-corrected chi connectivity index (χ4v) is 5.10. The highest BCUT2D eigenvalue weighted by atomic mass is 19.3. The number of imide groups is 1. The molecule has 1 saturated carbocycles. The molecule has 0 unspecified atom stereocenters. The van der Waals surface area contributed by atoms with Crippen molar-refractivity contribution in [3.8, 4) is 0 Å². The normalized spacial score (nSPS) is 25.2. The fourth-order valence-electron chi connectivity index (χ4n) is 5.10. The second-order valence-electron chi connectivity index (χ2n) is 9.36. The largest absolute Gasteiger partial charge is 0.328 e. The van der Waals surface area contributed by atoms with E-state index >= 15 is 0 Å². The average Bonchev–Trinajstić information content (AvgIpc) is 3.12. The molecule has 4 heterocycles. The number of carbonyl (C=O) groups is 2. The zero-order valence-electron chi connectivity index (χ0n) is 18.1. The number of carbonyl (C=O) groups excluding carboxylic acids is 2. The van der Waals surface area contributed by atoms with Gasteiger partial charge in [0.1, 0.15) is 0 Å². The number of alkyl halides is 2. The van der Waals surface area contributed by atoms with Gasteiger partial charge >= 0.3 is 6.03 Å². The van der Waals surface area contributed by atoms with Gasteiger partial charge in [-0.15, -0.1) is 0 Å². The molecule has 3 amide bonds. The van der Waals surface area contributed by atoms with Crippen molar-refractivity contribution < 1.29 is 18.4 Å². The second-order valence-corrected chi connectivity index (χ2v) is 9.36. The van der Waals surface area contributed by atoms with Crippen LogP contribution in [0.15, 0.2) is 24.5 Å². The lowest BCUT2D eigenvalue weighted by molar-refractivity contribution is -0.120. The van der Waals surface area contributed by atoms with Crippen LogP contribution >= 0.6 is 0 Å². The van der Waals surface area contributed by atoms with Gasteiger partial charge in [0.2, 0.25) is 11.8 Å². The summed E-state index contributed by atoms with van der Waals surface area (Å²) in [7, 11) is 0. The molecular weight excluding hydrogens is 418 g/mol. The third kappa shape index (κ3) is 4.21. The van der Waals surface area contributed by atoms with Crippen molar-refractivity contribution in [1.82, 2.24) is 24.7 Å². The lowest BCUT2D eigenvalue weighted by Crippen LogP contribution is -2.54. The van der Waals surface area contributed by atoms with Gasteiger partial charge in [-0.25, -0.2) is 18.1 Å². The van der Waals surface area contributed by atoms with Gasteiger partial charge in [0.15, 0.2) is 0 Å². The molecule has 1 aliphatic carbocycles. The summed E-state index contributed by atoms with van der Waals surface area (Å²) in [5.41, 5.74) is 2.63. The molecule has 172 valence electrons. The maximum absolute atomic E-state index is 13.1. The van der Waals surface area contributed by atoms with Crippen molar-refractivity contribution in [2.24, 2.45) is 5.92 Å². The Kier molecular flexibility index (Phi) is 5.37. The molecule has 32 heavy (non-hydrogen) atoms. The van der Waals surface area contributed by atoms with Crippen molar-refractivity contribution in [3.05, 3.63) is 30.1 Å². The molecule has 8 nitrogen and oxygen atoms in total. The van der Waals surface area contributed by atoms with Gasteiger partial charge < -0.3 is 4.90 Å². The minimum Gasteiger partial charge on any atom is -0.300 e. The maximum atomic E-state index is 13.1. The Morgan fingerprint density at radius 1 is 1.22 bits per heavy atom. The van der Waals surface area contributed by atoms with Crippen molar-refractivity contribution in [2.45, 2.75) is 44.7 Å². The average molecular weight is 447 g/mol. The highest BCUT2D eigenvalue weighted by molar-refractivity contribution is 6.07. The van der Waals surface area contributed by atoms with Crippen LogP contribution in [0.3, 0.4) is 0 Å². The number of pyridine rings is 1. The van der Waals surface area contributed by atoms with E-state index in [9.17, 15) is 18.4 Å². The Morgan fingerprint density at radius 3 is 2.75 bits per heavy atom. The van der Waals surface area contributed by atoms with E-state index in [1.807, 2.05) is 18.3 Å². The van der Waals surface area contributed by atoms with Crippen LogP contribution in [0.25, 0.3) is 5.52 Å². The molecule has 2 aromatic heterocycles. The van der Waals surface area contributed by atoms with Gasteiger partial charge in [-0.3, -0.25) is 19.9 Å². The SMILES string of the molecule is C[C@H]1CN(CC2CC(F)(F)C2)CCN1Cc1ccn2ncc(N3CCC(=O)NC3=O)c2c1. The quantitative estimate of drug-likeness (QED) is 0.763. The maximum Gasteiger partial charge on any atom is 0.328 e. The number of nitrogens with zero attached hydrogens (tertiary/aromatic N) is 5. The molecule has 1 N–H and O–H groups in total. The van der Waals surface area contributed by atoms with Gasteiger partial charge in [0, 0.05) is 70.8 Å². The van der Waals surface area contributed by atoms with Crippen LogP contribution in [-0.2, 0) is 11.3 Å². The number of amides is 3. The summed E-state index contributed by atoms with van der Waals surface area (Å²) in [4.78, 5) is 30.0. The summed E-state index contributed by atoms with van der Waals surface area (Å²) in [6, 6.07) is 3.97. The minimum atomic E-state index is -2.45. The molecule has 3 aliphatic rings. The Balaban J connectivity index is 1.24. The third-order valence-corrected chi connectivity index (χ3v) is 6.84. The lowest BCUT2D eigenvalue weighted by atomic mass is 9.81. The Hall–Kier alpha value is -2.59. The summed E-state index contributed by atoms with van der Waals surface area (Å²) in [5.74, 6) is -2.59. The molecule has 5 rings (SSSR count). The first kappa shape index (κ1) is 21.3. The number of anilines is 1. The summed E-state index contributed by atoms with van der Waals surface area (Å²) in [6.07, 6.45) is 3.86. The summed E-state index contributed by atoms with van der Waals surface area (Å²) < 4.78 is 28.0. The van der Waals surface area contributed by atoms with Crippen LogP contribution in [0, 0.1) is 5.92 Å². The number of aromatic nitrogens is 2. The Morgan fingerprint density at radius 2 is 2.03 bits per heavy atom. The number of rotatable bonds is 5. The van der Waals surface area contributed by atoms with Crippen LogP contribution in [0.2, 0.25) is 0 Å². The van der Waals surface area contributed by atoms with Crippen LogP contribution in [0.1, 0.15) is 31.7 Å². The molecular formula is C22H28F2N6O2. The molecule has 0 bridgehead atoms. The number of urea groups is 1. The molecule has 0 spiro atoms. The predicted molar refractivity (Wildman–Crippen MR) is 115 cm³/mol. The van der Waals surface area contributed by atoms with Gasteiger partial charge in [-0.05, 0) is 30.5 Å². The molecule has 3 fully saturated rings. The minimum absolute atomic E-state index is 0.0263. The molecule has 10 heteroatoms. The zero-order chi connectivity index (χ0) is 22.5. The third-order valence-electron chi connectivity index (χ3n) is 6.84. The lowest BCUT2D eigenvalue weighted by Gasteiger charge is -2.44. The van der Waals surface area contributed by atoms with E-state index in [0.717, 1.165) is 43.8 Å². The van der Waals surface area contributed by atoms with Crippen molar-refractivity contribution in [3.63, 3.8) is 0 Å². The van der Waals surface area contributed by atoms with Crippen LogP contribution in [0.4, 0.5) is 19.3 Å². The van der Waals surface area contributed by atoms with E-state index < -0.39 is 12.0 Å².